The number of methoxy groups -OCH3 is 1. The molecule has 0 amide bonds. The van der Waals surface area contributed by atoms with Crippen LogP contribution in [0.15, 0.2) is 0 Å². The number of hydrogen-bond donors (Lipinski definition) is 1. The molecule has 6 nitrogen and oxygen atoms in total. The quantitative estimate of drug-likeness (QED) is 0.803. The predicted octanol–water partition coefficient (Wildman–Crippen LogP) is 0.755. The number of nitrogens with zero attached hydrogens (tertiary/aromatic N) is 4. The second-order valence-electron chi connectivity index (χ2n) is 4.88. The highest BCUT2D eigenvalue weighted by atomic mass is 16.5. The van der Waals surface area contributed by atoms with Gasteiger partial charge in [-0.05, 0) is 28.8 Å². The first-order valence-electron chi connectivity index (χ1n) is 5.49. The molecule has 1 atom stereocenters. The average Bonchev–Trinajstić information content (AvgIpc) is 2.62. The third-order valence-corrected chi connectivity index (χ3v) is 2.39. The van der Waals surface area contributed by atoms with Crippen molar-refractivity contribution >= 4 is 0 Å². The highest BCUT2D eigenvalue weighted by molar-refractivity contribution is 4.94. The summed E-state index contributed by atoms with van der Waals surface area (Å²) in [5, 5.41) is 11.7. The van der Waals surface area contributed by atoms with Crippen LogP contribution in [-0.2, 0) is 11.3 Å². The van der Waals surface area contributed by atoms with Crippen LogP contribution < -0.4 is 5.73 Å². The van der Waals surface area contributed by atoms with Gasteiger partial charge in [-0.3, -0.25) is 0 Å². The monoisotopic (exact) mass is 227 g/mol. The molecule has 92 valence electrons. The van der Waals surface area contributed by atoms with E-state index in [1.807, 2.05) is 0 Å². The number of ether oxygens (including phenoxy) is 1. The Kier molecular flexibility index (Phi) is 4.37. The Bertz CT molecular complexity index is 317. The Balaban J connectivity index is 2.88. The number of hydrogen-bond acceptors (Lipinski definition) is 5. The van der Waals surface area contributed by atoms with E-state index < -0.39 is 0 Å². The first-order chi connectivity index (χ1) is 7.50. The summed E-state index contributed by atoms with van der Waals surface area (Å²) in [6.07, 6.45) is 0.749. The topological polar surface area (TPSA) is 78.9 Å². The molecule has 6 heteroatoms. The third kappa shape index (κ3) is 2.99. The summed E-state index contributed by atoms with van der Waals surface area (Å²) in [7, 11) is 1.68. The normalized spacial score (nSPS) is 14.1. The smallest absolute Gasteiger partial charge is 0.180 e. The molecular weight excluding hydrogens is 206 g/mol. The van der Waals surface area contributed by atoms with Gasteiger partial charge in [-0.1, -0.05) is 20.8 Å². The lowest BCUT2D eigenvalue weighted by atomic mass is 9.88. The van der Waals surface area contributed by atoms with Crippen LogP contribution in [0.5, 0.6) is 0 Å². The van der Waals surface area contributed by atoms with Gasteiger partial charge < -0.3 is 10.5 Å². The third-order valence-electron chi connectivity index (χ3n) is 2.39. The van der Waals surface area contributed by atoms with Gasteiger partial charge in [0.1, 0.15) is 6.10 Å². The van der Waals surface area contributed by atoms with Gasteiger partial charge in [-0.25, -0.2) is 4.68 Å². The van der Waals surface area contributed by atoms with Crippen molar-refractivity contribution in [3.8, 4) is 0 Å². The molecule has 0 aliphatic carbocycles. The number of tetrazole rings is 1. The summed E-state index contributed by atoms with van der Waals surface area (Å²) in [5.41, 5.74) is 5.44. The van der Waals surface area contributed by atoms with Crippen molar-refractivity contribution in [2.24, 2.45) is 11.1 Å². The fourth-order valence-electron chi connectivity index (χ4n) is 1.65. The van der Waals surface area contributed by atoms with Gasteiger partial charge in [-0.2, -0.15) is 0 Å². The van der Waals surface area contributed by atoms with Crippen LogP contribution in [-0.4, -0.2) is 33.9 Å². The number of aryl methyl sites for hydroxylation is 1. The van der Waals surface area contributed by atoms with E-state index in [-0.39, 0.29) is 11.5 Å². The number of rotatable bonds is 5. The van der Waals surface area contributed by atoms with Crippen molar-refractivity contribution in [2.75, 3.05) is 13.7 Å². The van der Waals surface area contributed by atoms with Gasteiger partial charge in [0.15, 0.2) is 5.82 Å². The van der Waals surface area contributed by atoms with E-state index >= 15 is 0 Å². The zero-order chi connectivity index (χ0) is 12.2. The first-order valence-corrected chi connectivity index (χ1v) is 5.49. The van der Waals surface area contributed by atoms with Crippen molar-refractivity contribution in [3.05, 3.63) is 5.82 Å². The van der Waals surface area contributed by atoms with Crippen molar-refractivity contribution in [1.82, 2.24) is 20.2 Å². The summed E-state index contributed by atoms with van der Waals surface area (Å²) >= 11 is 0. The zero-order valence-corrected chi connectivity index (χ0v) is 10.5. The van der Waals surface area contributed by atoms with Crippen LogP contribution in [0.1, 0.15) is 39.1 Å². The van der Waals surface area contributed by atoms with Gasteiger partial charge in [0, 0.05) is 13.7 Å². The van der Waals surface area contributed by atoms with Crippen LogP contribution >= 0.6 is 0 Å². The summed E-state index contributed by atoms with van der Waals surface area (Å²) < 4.78 is 7.26. The molecule has 1 unspecified atom stereocenters. The molecule has 1 rings (SSSR count). The standard InChI is InChI=1S/C10H21N5O/c1-10(2,3)8(16-4)9-12-13-14-15(9)7-5-6-11/h8H,5-7,11H2,1-4H3. The predicted molar refractivity (Wildman–Crippen MR) is 60.7 cm³/mol. The van der Waals surface area contributed by atoms with Gasteiger partial charge in [-0.15, -0.1) is 5.10 Å². The largest absolute Gasteiger partial charge is 0.373 e. The first kappa shape index (κ1) is 13.1. The minimum absolute atomic E-state index is 0.0378. The summed E-state index contributed by atoms with van der Waals surface area (Å²) in [6.45, 7) is 7.66. The summed E-state index contributed by atoms with van der Waals surface area (Å²) in [4.78, 5) is 0. The molecule has 0 fully saturated rings. The summed E-state index contributed by atoms with van der Waals surface area (Å²) in [5.74, 6) is 0.767. The average molecular weight is 227 g/mol. The van der Waals surface area contributed by atoms with E-state index in [1.54, 1.807) is 11.8 Å². The van der Waals surface area contributed by atoms with Crippen LogP contribution in [0.25, 0.3) is 0 Å². The Morgan fingerprint density at radius 1 is 1.44 bits per heavy atom. The summed E-state index contributed by atoms with van der Waals surface area (Å²) in [6, 6.07) is 0. The molecule has 1 heterocycles. The van der Waals surface area contributed by atoms with E-state index in [0.29, 0.717) is 6.54 Å². The fraction of sp³-hybridized carbons (Fsp3) is 0.900. The second kappa shape index (κ2) is 5.36. The molecule has 0 aliphatic rings. The van der Waals surface area contributed by atoms with E-state index in [0.717, 1.165) is 18.8 Å². The second-order valence-corrected chi connectivity index (χ2v) is 4.88. The molecule has 16 heavy (non-hydrogen) atoms. The fourth-order valence-corrected chi connectivity index (χ4v) is 1.65. The van der Waals surface area contributed by atoms with Crippen molar-refractivity contribution in [2.45, 2.75) is 39.8 Å². The van der Waals surface area contributed by atoms with E-state index in [4.69, 9.17) is 10.5 Å². The Morgan fingerprint density at radius 3 is 2.62 bits per heavy atom. The molecule has 2 N–H and O–H groups in total. The molecule has 0 radical (unpaired) electrons. The highest BCUT2D eigenvalue weighted by Gasteiger charge is 2.30. The minimum Gasteiger partial charge on any atom is -0.373 e. The lowest BCUT2D eigenvalue weighted by molar-refractivity contribution is 0.00521. The Hall–Kier alpha value is -1.01. The Labute approximate surface area is 96.2 Å². The van der Waals surface area contributed by atoms with Crippen LogP contribution in [0.4, 0.5) is 0 Å². The number of nitrogens with two attached hydrogens (primary N) is 1. The van der Waals surface area contributed by atoms with Crippen LogP contribution in [0.3, 0.4) is 0 Å². The lowest BCUT2D eigenvalue weighted by Crippen LogP contribution is -2.24. The maximum absolute atomic E-state index is 5.49. The van der Waals surface area contributed by atoms with Gasteiger partial charge >= 0.3 is 0 Å². The van der Waals surface area contributed by atoms with E-state index in [1.165, 1.54) is 0 Å². The minimum atomic E-state index is -0.111. The zero-order valence-electron chi connectivity index (χ0n) is 10.5. The molecule has 0 saturated heterocycles. The molecule has 0 bridgehead atoms. The molecular formula is C10H21N5O. The lowest BCUT2D eigenvalue weighted by Gasteiger charge is -2.28. The van der Waals surface area contributed by atoms with Crippen LogP contribution in [0.2, 0.25) is 0 Å². The van der Waals surface area contributed by atoms with Crippen molar-refractivity contribution < 1.29 is 4.74 Å². The van der Waals surface area contributed by atoms with E-state index in [2.05, 4.69) is 36.3 Å². The SMILES string of the molecule is COC(c1nnnn1CCCN)C(C)(C)C. The molecule has 0 aromatic carbocycles. The molecule has 0 aliphatic heterocycles. The number of aromatic nitrogens is 4. The molecule has 0 saturated carbocycles. The van der Waals surface area contributed by atoms with Crippen LogP contribution in [0, 0.1) is 5.41 Å². The van der Waals surface area contributed by atoms with Gasteiger partial charge in [0.25, 0.3) is 0 Å². The van der Waals surface area contributed by atoms with Crippen molar-refractivity contribution in [3.63, 3.8) is 0 Å². The maximum atomic E-state index is 5.49. The van der Waals surface area contributed by atoms with E-state index in [9.17, 15) is 0 Å². The molecule has 1 aromatic rings. The van der Waals surface area contributed by atoms with Crippen molar-refractivity contribution in [1.29, 1.82) is 0 Å². The molecule has 1 aromatic heterocycles. The highest BCUT2D eigenvalue weighted by Crippen LogP contribution is 2.33. The molecule has 0 spiro atoms. The Morgan fingerprint density at radius 2 is 2.12 bits per heavy atom. The maximum Gasteiger partial charge on any atom is 0.180 e. The van der Waals surface area contributed by atoms with Gasteiger partial charge in [0.2, 0.25) is 0 Å². The van der Waals surface area contributed by atoms with Gasteiger partial charge in [0.05, 0.1) is 0 Å².